The van der Waals surface area contributed by atoms with Crippen molar-refractivity contribution < 1.29 is 0 Å². The van der Waals surface area contributed by atoms with Crippen molar-refractivity contribution in [3.63, 3.8) is 0 Å². The molecule has 0 saturated carbocycles. The van der Waals surface area contributed by atoms with Gasteiger partial charge in [-0.2, -0.15) is 0 Å². The van der Waals surface area contributed by atoms with Gasteiger partial charge in [0.1, 0.15) is 0 Å². The van der Waals surface area contributed by atoms with Crippen LogP contribution >= 0.6 is 39.0 Å². The molecule has 2 rings (SSSR count). The van der Waals surface area contributed by atoms with E-state index in [1.807, 2.05) is 17.8 Å². The summed E-state index contributed by atoms with van der Waals surface area (Å²) in [5, 5.41) is 2.44. The number of thioether (sulfide) groups is 1. The smallest absolute Gasteiger partial charge is 0.0589 e. The maximum absolute atomic E-state index is 6.28. The van der Waals surface area contributed by atoms with E-state index in [4.69, 9.17) is 5.73 Å². The summed E-state index contributed by atoms with van der Waals surface area (Å²) >= 11 is 7.23. The quantitative estimate of drug-likeness (QED) is 0.767. The fourth-order valence-electron chi connectivity index (χ4n) is 1.70. The molecule has 2 N–H and O–H groups in total. The van der Waals surface area contributed by atoms with Crippen molar-refractivity contribution in [3.8, 4) is 0 Å². The van der Waals surface area contributed by atoms with Gasteiger partial charge in [-0.25, -0.2) is 0 Å². The number of hydrogen-bond donors (Lipinski definition) is 1. The van der Waals surface area contributed by atoms with Crippen LogP contribution in [-0.4, -0.2) is 6.04 Å². The molecular weight excluding hydrogens is 326 g/mol. The van der Waals surface area contributed by atoms with E-state index in [-0.39, 0.29) is 6.04 Å². The first-order chi connectivity index (χ1) is 8.72. The van der Waals surface area contributed by atoms with Gasteiger partial charge in [-0.15, -0.1) is 23.1 Å². The lowest BCUT2D eigenvalue weighted by Gasteiger charge is -2.21. The van der Waals surface area contributed by atoms with Gasteiger partial charge in [0.2, 0.25) is 0 Å². The number of thiophene rings is 1. The largest absolute Gasteiger partial charge is 0.326 e. The summed E-state index contributed by atoms with van der Waals surface area (Å²) in [4.78, 5) is 2.60. The predicted octanol–water partition coefficient (Wildman–Crippen LogP) is 5.08. The summed E-state index contributed by atoms with van der Waals surface area (Å²) in [6, 6.07) is 12.8. The first-order valence-electron chi connectivity index (χ1n) is 5.92. The van der Waals surface area contributed by atoms with Gasteiger partial charge in [0, 0.05) is 20.3 Å². The number of nitrogens with two attached hydrogens (primary N) is 1. The minimum atomic E-state index is 0.181. The summed E-state index contributed by atoms with van der Waals surface area (Å²) in [6.45, 7) is 2.14. The Balaban J connectivity index is 2.24. The van der Waals surface area contributed by atoms with E-state index in [1.54, 1.807) is 11.3 Å². The van der Waals surface area contributed by atoms with Crippen molar-refractivity contribution in [1.82, 2.24) is 0 Å². The molecule has 1 aromatic heterocycles. The summed E-state index contributed by atoms with van der Waals surface area (Å²) in [6.07, 6.45) is 0.986. The van der Waals surface area contributed by atoms with Crippen molar-refractivity contribution in [2.45, 2.75) is 29.5 Å². The zero-order chi connectivity index (χ0) is 13.0. The van der Waals surface area contributed by atoms with Crippen molar-refractivity contribution in [2.75, 3.05) is 0 Å². The number of benzene rings is 1. The van der Waals surface area contributed by atoms with Crippen LogP contribution in [0.15, 0.2) is 51.1 Å². The van der Waals surface area contributed by atoms with Crippen molar-refractivity contribution in [3.05, 3.63) is 51.1 Å². The van der Waals surface area contributed by atoms with Gasteiger partial charge >= 0.3 is 0 Å². The Morgan fingerprint density at radius 2 is 2.06 bits per heavy atom. The Morgan fingerprint density at radius 1 is 1.28 bits per heavy atom. The molecule has 0 aliphatic heterocycles. The Kier molecular flexibility index (Phi) is 5.30. The lowest BCUT2D eigenvalue weighted by molar-refractivity contribution is 0.640. The summed E-state index contributed by atoms with van der Waals surface area (Å²) in [5.41, 5.74) is 6.28. The lowest BCUT2D eigenvalue weighted by atomic mass is 10.1. The highest BCUT2D eigenvalue weighted by Gasteiger charge is 2.21. The second-order valence-corrected chi connectivity index (χ2v) is 7.07. The number of rotatable bonds is 5. The third kappa shape index (κ3) is 3.38. The van der Waals surface area contributed by atoms with E-state index in [9.17, 15) is 0 Å². The third-order valence-electron chi connectivity index (χ3n) is 2.77. The van der Waals surface area contributed by atoms with Gasteiger partial charge in [0.15, 0.2) is 0 Å². The molecule has 0 saturated heterocycles. The normalized spacial score (nSPS) is 14.4. The molecule has 4 heteroatoms. The fraction of sp³-hybridized carbons (Fsp3) is 0.286. The molecule has 0 amide bonds. The maximum Gasteiger partial charge on any atom is 0.0589 e. The zero-order valence-corrected chi connectivity index (χ0v) is 13.4. The van der Waals surface area contributed by atoms with Crippen LogP contribution in [0.25, 0.3) is 0 Å². The third-order valence-corrected chi connectivity index (χ3v) is 6.30. The molecule has 0 spiro atoms. The molecule has 0 aliphatic rings. The Labute approximate surface area is 125 Å². The molecule has 0 fully saturated rings. The highest BCUT2D eigenvalue weighted by Crippen LogP contribution is 2.42. The van der Waals surface area contributed by atoms with Crippen molar-refractivity contribution in [2.24, 2.45) is 5.73 Å². The molecule has 0 bridgehead atoms. The summed E-state index contributed by atoms with van der Waals surface area (Å²) in [7, 11) is 0. The molecule has 0 radical (unpaired) electrons. The van der Waals surface area contributed by atoms with Gasteiger partial charge in [0.05, 0.1) is 5.25 Å². The predicted molar refractivity (Wildman–Crippen MR) is 85.3 cm³/mol. The molecule has 1 nitrogen and oxygen atoms in total. The highest BCUT2D eigenvalue weighted by atomic mass is 79.9. The maximum atomic E-state index is 6.28. The van der Waals surface area contributed by atoms with E-state index in [1.165, 1.54) is 9.77 Å². The molecule has 2 atom stereocenters. The van der Waals surface area contributed by atoms with E-state index in [0.29, 0.717) is 5.25 Å². The first-order valence-corrected chi connectivity index (χ1v) is 8.47. The van der Waals surface area contributed by atoms with Crippen molar-refractivity contribution >= 4 is 39.0 Å². The van der Waals surface area contributed by atoms with Gasteiger partial charge in [-0.05, 0) is 45.9 Å². The first kappa shape index (κ1) is 14.1. The molecule has 2 unspecified atom stereocenters. The fourth-order valence-corrected chi connectivity index (χ4v) is 4.53. The molecule has 96 valence electrons. The van der Waals surface area contributed by atoms with Gasteiger partial charge in [-0.1, -0.05) is 25.1 Å². The van der Waals surface area contributed by atoms with Gasteiger partial charge < -0.3 is 5.73 Å². The molecule has 2 aromatic rings. The molecular formula is C14H16BrNS2. The minimum absolute atomic E-state index is 0.181. The second kappa shape index (κ2) is 6.75. The second-order valence-electron chi connectivity index (χ2n) is 4.06. The monoisotopic (exact) mass is 341 g/mol. The van der Waals surface area contributed by atoms with E-state index in [2.05, 4.69) is 58.6 Å². The SMILES string of the molecule is CCC(N)C(Sc1ccccc1Br)c1cccs1. The average molecular weight is 342 g/mol. The standard InChI is InChI=1S/C14H16BrNS2/c1-2-11(16)14(13-8-5-9-17-13)18-12-7-4-3-6-10(12)15/h3-9,11,14H,2,16H2,1H3. The topological polar surface area (TPSA) is 26.0 Å². The van der Waals surface area contributed by atoms with Crippen LogP contribution in [0.3, 0.4) is 0 Å². The van der Waals surface area contributed by atoms with Gasteiger partial charge in [-0.3, -0.25) is 0 Å². The number of halogens is 1. The Bertz CT molecular complexity index is 484. The summed E-state index contributed by atoms with van der Waals surface area (Å²) in [5.74, 6) is 0. The van der Waals surface area contributed by atoms with Crippen LogP contribution in [0, 0.1) is 0 Å². The Hall–Kier alpha value is -0.290. The van der Waals surface area contributed by atoms with E-state index >= 15 is 0 Å². The Morgan fingerprint density at radius 3 is 2.67 bits per heavy atom. The molecule has 0 aliphatic carbocycles. The van der Waals surface area contributed by atoms with E-state index in [0.717, 1.165) is 10.9 Å². The van der Waals surface area contributed by atoms with Crippen LogP contribution < -0.4 is 5.73 Å². The number of hydrogen-bond acceptors (Lipinski definition) is 3. The van der Waals surface area contributed by atoms with Crippen LogP contribution in [0.2, 0.25) is 0 Å². The highest BCUT2D eigenvalue weighted by molar-refractivity contribution is 9.10. The lowest BCUT2D eigenvalue weighted by Crippen LogP contribution is -2.25. The van der Waals surface area contributed by atoms with Crippen LogP contribution in [0.1, 0.15) is 23.5 Å². The van der Waals surface area contributed by atoms with Crippen molar-refractivity contribution in [1.29, 1.82) is 0 Å². The van der Waals surface area contributed by atoms with Gasteiger partial charge in [0.25, 0.3) is 0 Å². The summed E-state index contributed by atoms with van der Waals surface area (Å²) < 4.78 is 1.14. The van der Waals surface area contributed by atoms with Crippen LogP contribution in [-0.2, 0) is 0 Å². The van der Waals surface area contributed by atoms with Crippen LogP contribution in [0.5, 0.6) is 0 Å². The molecule has 1 aromatic carbocycles. The van der Waals surface area contributed by atoms with Crippen LogP contribution in [0.4, 0.5) is 0 Å². The van der Waals surface area contributed by atoms with E-state index < -0.39 is 0 Å². The zero-order valence-electron chi connectivity index (χ0n) is 10.2. The molecule has 1 heterocycles. The average Bonchev–Trinajstić information content (AvgIpc) is 2.90. The molecule has 18 heavy (non-hydrogen) atoms. The minimum Gasteiger partial charge on any atom is -0.326 e.